The number of nitrogens with zero attached hydrogens (tertiary/aromatic N) is 1. The van der Waals surface area contributed by atoms with E-state index in [1.807, 2.05) is 0 Å². The molecule has 1 atom stereocenters. The molecule has 1 rings (SSSR count). The second-order valence-electron chi connectivity index (χ2n) is 3.38. The van der Waals surface area contributed by atoms with E-state index in [4.69, 9.17) is 0 Å². The smallest absolute Gasteiger partial charge is 0.0129 e. The van der Waals surface area contributed by atoms with Gasteiger partial charge in [-0.1, -0.05) is 26.2 Å². The minimum atomic E-state index is 0.895. The number of rotatable bonds is 3. The summed E-state index contributed by atoms with van der Waals surface area (Å²) in [5, 5.41) is 0. The van der Waals surface area contributed by atoms with E-state index in [1.54, 1.807) is 0 Å². The van der Waals surface area contributed by atoms with Crippen molar-refractivity contribution < 1.29 is 0 Å². The molecule has 0 amide bonds. The van der Waals surface area contributed by atoms with E-state index in [1.165, 1.54) is 38.6 Å². The highest BCUT2D eigenvalue weighted by Gasteiger charge is 2.17. The Bertz CT molecular complexity index is 95.7. The third kappa shape index (κ3) is 2.72. The first-order chi connectivity index (χ1) is 5.38. The lowest BCUT2D eigenvalue weighted by Gasteiger charge is -2.32. The first kappa shape index (κ1) is 9.48. The van der Waals surface area contributed by atoms with Gasteiger partial charge in [0.15, 0.2) is 0 Å². The highest BCUT2D eigenvalue weighted by Crippen LogP contribution is 2.22. The molecule has 0 N–H and O–H groups in total. The zero-order valence-corrected chi connectivity index (χ0v) is 8.71. The Morgan fingerprint density at radius 1 is 1.27 bits per heavy atom. The van der Waals surface area contributed by atoms with Gasteiger partial charge < -0.3 is 0 Å². The van der Waals surface area contributed by atoms with Gasteiger partial charge in [0.2, 0.25) is 0 Å². The van der Waals surface area contributed by atoms with Crippen LogP contribution in [-0.2, 0) is 0 Å². The van der Waals surface area contributed by atoms with E-state index in [9.17, 15) is 0 Å². The standard InChI is InChI=1S/C9H20NP/c1-2-10(8-11)9-6-4-3-5-7-9/h9H,2-8,11H2,1H3. The second kappa shape index (κ2) is 5.11. The first-order valence-corrected chi connectivity index (χ1v) is 5.64. The lowest BCUT2D eigenvalue weighted by Crippen LogP contribution is -2.35. The van der Waals surface area contributed by atoms with Crippen LogP contribution in [0.2, 0.25) is 0 Å². The number of hydrogen-bond donors (Lipinski definition) is 0. The molecule has 1 nitrogen and oxygen atoms in total. The van der Waals surface area contributed by atoms with Crippen LogP contribution in [0.3, 0.4) is 0 Å². The van der Waals surface area contributed by atoms with Crippen LogP contribution in [-0.4, -0.2) is 23.8 Å². The molecule has 1 aliphatic carbocycles. The summed E-state index contributed by atoms with van der Waals surface area (Å²) >= 11 is 0. The molecule has 0 heterocycles. The third-order valence-electron chi connectivity index (χ3n) is 2.73. The molecule has 0 spiro atoms. The fraction of sp³-hybridized carbons (Fsp3) is 1.00. The maximum atomic E-state index is 2.84. The fourth-order valence-corrected chi connectivity index (χ4v) is 2.54. The molecule has 2 heteroatoms. The fourth-order valence-electron chi connectivity index (χ4n) is 1.98. The number of hydrogen-bond acceptors (Lipinski definition) is 1. The molecule has 11 heavy (non-hydrogen) atoms. The summed E-state index contributed by atoms with van der Waals surface area (Å²) in [6.45, 7) is 3.48. The molecule has 0 aliphatic heterocycles. The van der Waals surface area contributed by atoms with E-state index in [2.05, 4.69) is 21.1 Å². The van der Waals surface area contributed by atoms with Crippen molar-refractivity contribution in [2.45, 2.75) is 45.1 Å². The summed E-state index contributed by atoms with van der Waals surface area (Å²) in [4.78, 5) is 2.57. The van der Waals surface area contributed by atoms with E-state index in [-0.39, 0.29) is 0 Å². The lowest BCUT2D eigenvalue weighted by atomic mass is 9.94. The molecule has 0 aromatic rings. The highest BCUT2D eigenvalue weighted by molar-refractivity contribution is 7.16. The lowest BCUT2D eigenvalue weighted by molar-refractivity contribution is 0.192. The minimum Gasteiger partial charge on any atom is -0.297 e. The monoisotopic (exact) mass is 173 g/mol. The van der Waals surface area contributed by atoms with Crippen LogP contribution in [0.25, 0.3) is 0 Å². The normalized spacial score (nSPS) is 21.0. The van der Waals surface area contributed by atoms with Crippen molar-refractivity contribution in [3.63, 3.8) is 0 Å². The van der Waals surface area contributed by atoms with E-state index >= 15 is 0 Å². The molecule has 0 aromatic carbocycles. The zero-order valence-electron chi connectivity index (χ0n) is 7.55. The predicted molar refractivity (Wildman–Crippen MR) is 53.8 cm³/mol. The van der Waals surface area contributed by atoms with Gasteiger partial charge in [0.1, 0.15) is 0 Å². The molecule has 0 aromatic heterocycles. The summed E-state index contributed by atoms with van der Waals surface area (Å²) < 4.78 is 0. The Hall–Kier alpha value is 0.390. The molecule has 1 unspecified atom stereocenters. The Kier molecular flexibility index (Phi) is 4.40. The van der Waals surface area contributed by atoms with Crippen LogP contribution in [0, 0.1) is 0 Å². The van der Waals surface area contributed by atoms with Crippen molar-refractivity contribution in [3.8, 4) is 0 Å². The van der Waals surface area contributed by atoms with Gasteiger partial charge in [-0.15, -0.1) is 9.24 Å². The summed E-state index contributed by atoms with van der Waals surface area (Å²) in [5.74, 6) is 0. The van der Waals surface area contributed by atoms with E-state index < -0.39 is 0 Å². The predicted octanol–water partition coefficient (Wildman–Crippen LogP) is 2.47. The third-order valence-corrected chi connectivity index (χ3v) is 3.20. The molecule has 66 valence electrons. The second-order valence-corrected chi connectivity index (χ2v) is 3.74. The van der Waals surface area contributed by atoms with Crippen molar-refractivity contribution in [3.05, 3.63) is 0 Å². The van der Waals surface area contributed by atoms with Gasteiger partial charge in [0.05, 0.1) is 0 Å². The van der Waals surface area contributed by atoms with Crippen LogP contribution in [0.1, 0.15) is 39.0 Å². The molecule has 1 aliphatic rings. The van der Waals surface area contributed by atoms with Gasteiger partial charge in [-0.3, -0.25) is 4.90 Å². The van der Waals surface area contributed by atoms with Gasteiger partial charge in [0.25, 0.3) is 0 Å². The maximum absolute atomic E-state index is 2.84. The molecule has 1 saturated carbocycles. The van der Waals surface area contributed by atoms with Gasteiger partial charge in [0, 0.05) is 12.3 Å². The molecular weight excluding hydrogens is 153 g/mol. The van der Waals surface area contributed by atoms with Crippen LogP contribution >= 0.6 is 9.24 Å². The Balaban J connectivity index is 2.30. The van der Waals surface area contributed by atoms with Crippen molar-refractivity contribution in [2.75, 3.05) is 12.8 Å². The van der Waals surface area contributed by atoms with Crippen molar-refractivity contribution in [2.24, 2.45) is 0 Å². The average Bonchev–Trinajstić information content (AvgIpc) is 2.09. The van der Waals surface area contributed by atoms with Gasteiger partial charge in [-0.2, -0.15) is 0 Å². The topological polar surface area (TPSA) is 3.24 Å². The molecule has 1 fully saturated rings. The Morgan fingerprint density at radius 2 is 1.91 bits per heavy atom. The van der Waals surface area contributed by atoms with Gasteiger partial charge >= 0.3 is 0 Å². The van der Waals surface area contributed by atoms with Crippen molar-refractivity contribution in [1.29, 1.82) is 0 Å². The first-order valence-electron chi connectivity index (χ1n) is 4.82. The molecular formula is C9H20NP. The molecule has 0 bridgehead atoms. The Labute approximate surface area is 72.7 Å². The largest absolute Gasteiger partial charge is 0.297 e. The quantitative estimate of drug-likeness (QED) is 0.593. The maximum Gasteiger partial charge on any atom is 0.0129 e. The summed E-state index contributed by atoms with van der Waals surface area (Å²) in [5.41, 5.74) is 0. The zero-order chi connectivity index (χ0) is 8.10. The van der Waals surface area contributed by atoms with Crippen LogP contribution in [0.4, 0.5) is 0 Å². The summed E-state index contributed by atoms with van der Waals surface area (Å²) in [7, 11) is 2.84. The van der Waals surface area contributed by atoms with E-state index in [0.717, 1.165) is 12.3 Å². The minimum absolute atomic E-state index is 0.895. The average molecular weight is 173 g/mol. The van der Waals surface area contributed by atoms with E-state index in [0.29, 0.717) is 0 Å². The SMILES string of the molecule is CCN(CP)C1CCCCC1. The van der Waals surface area contributed by atoms with Crippen LogP contribution < -0.4 is 0 Å². The highest BCUT2D eigenvalue weighted by atomic mass is 31.0. The van der Waals surface area contributed by atoms with Crippen molar-refractivity contribution >= 4 is 9.24 Å². The van der Waals surface area contributed by atoms with Crippen LogP contribution in [0.5, 0.6) is 0 Å². The molecule has 0 saturated heterocycles. The summed E-state index contributed by atoms with van der Waals surface area (Å²) in [6.07, 6.45) is 8.38. The van der Waals surface area contributed by atoms with Crippen LogP contribution in [0.15, 0.2) is 0 Å². The van der Waals surface area contributed by atoms with Crippen molar-refractivity contribution in [1.82, 2.24) is 4.90 Å². The van der Waals surface area contributed by atoms with Gasteiger partial charge in [-0.05, 0) is 19.4 Å². The molecule has 0 radical (unpaired) electrons. The Morgan fingerprint density at radius 3 is 2.36 bits per heavy atom. The summed E-state index contributed by atoms with van der Waals surface area (Å²) in [6, 6.07) is 0.895. The van der Waals surface area contributed by atoms with Gasteiger partial charge in [-0.25, -0.2) is 0 Å².